The first kappa shape index (κ1) is 14.0. The average molecular weight is 282 g/mol. The van der Waals surface area contributed by atoms with E-state index in [-0.39, 0.29) is 10.8 Å². The Kier molecular flexibility index (Phi) is 4.93. The van der Waals surface area contributed by atoms with Crippen LogP contribution >= 0.6 is 11.6 Å². The summed E-state index contributed by atoms with van der Waals surface area (Å²) >= 11 is 5.78. The van der Waals surface area contributed by atoms with E-state index in [0.29, 0.717) is 6.54 Å². The second kappa shape index (κ2) is 6.68. The zero-order valence-corrected chi connectivity index (χ0v) is 11.6. The van der Waals surface area contributed by atoms with E-state index >= 15 is 0 Å². The van der Waals surface area contributed by atoms with Crippen LogP contribution in [0.4, 0.5) is 4.39 Å². The van der Waals surface area contributed by atoms with Gasteiger partial charge in [-0.15, -0.1) is 0 Å². The second-order valence-corrected chi connectivity index (χ2v) is 4.85. The Hall–Kier alpha value is -1.39. The van der Waals surface area contributed by atoms with Crippen molar-refractivity contribution < 1.29 is 4.39 Å². The van der Waals surface area contributed by atoms with Crippen LogP contribution in [0.3, 0.4) is 0 Å². The average Bonchev–Trinajstić information content (AvgIpc) is 2.82. The summed E-state index contributed by atoms with van der Waals surface area (Å²) in [5.74, 6) is -0.388. The number of halogens is 2. The highest BCUT2D eigenvalue weighted by molar-refractivity contribution is 6.30. The van der Waals surface area contributed by atoms with E-state index in [1.807, 2.05) is 10.8 Å². The zero-order chi connectivity index (χ0) is 13.7. The summed E-state index contributed by atoms with van der Waals surface area (Å²) in [6.45, 7) is 4.53. The summed E-state index contributed by atoms with van der Waals surface area (Å²) < 4.78 is 15.1. The van der Waals surface area contributed by atoms with Crippen molar-refractivity contribution in [3.63, 3.8) is 0 Å². The third kappa shape index (κ3) is 3.78. The minimum Gasteiger partial charge on any atom is -0.329 e. The molecule has 19 heavy (non-hydrogen) atoms. The maximum absolute atomic E-state index is 13.1. The van der Waals surface area contributed by atoms with Crippen LogP contribution in [0.5, 0.6) is 0 Å². The quantitative estimate of drug-likeness (QED) is 0.824. The van der Waals surface area contributed by atoms with Crippen molar-refractivity contribution in [2.45, 2.75) is 26.4 Å². The molecule has 2 aromatic rings. The van der Waals surface area contributed by atoms with Crippen molar-refractivity contribution in [1.29, 1.82) is 0 Å². The number of nitrogens with one attached hydrogen (secondary N) is 1. The van der Waals surface area contributed by atoms with Crippen molar-refractivity contribution in [1.82, 2.24) is 14.9 Å². The van der Waals surface area contributed by atoms with E-state index in [9.17, 15) is 4.39 Å². The molecule has 0 aliphatic rings. The van der Waals surface area contributed by atoms with Crippen LogP contribution in [0, 0.1) is 5.82 Å². The number of hydrogen-bond acceptors (Lipinski definition) is 2. The number of imidazole rings is 1. The van der Waals surface area contributed by atoms with E-state index in [1.54, 1.807) is 18.5 Å². The standard InChI is InChI=1S/C14H17ClFN3/c1-2-5-17-7-12-8-18-10-19(12)9-11-3-4-14(16)13(15)6-11/h3-4,6,8,10,17H,2,5,7,9H2,1H3. The fourth-order valence-electron chi connectivity index (χ4n) is 1.87. The van der Waals surface area contributed by atoms with Crippen LogP contribution in [0.25, 0.3) is 0 Å². The molecule has 0 aliphatic carbocycles. The van der Waals surface area contributed by atoms with Gasteiger partial charge in [-0.25, -0.2) is 9.37 Å². The smallest absolute Gasteiger partial charge is 0.141 e. The molecular weight excluding hydrogens is 265 g/mol. The SMILES string of the molecule is CCCNCc1cncn1Cc1ccc(F)c(Cl)c1. The van der Waals surface area contributed by atoms with Crippen LogP contribution in [0.15, 0.2) is 30.7 Å². The van der Waals surface area contributed by atoms with Gasteiger partial charge in [0.25, 0.3) is 0 Å². The Bertz CT molecular complexity index is 539. The summed E-state index contributed by atoms with van der Waals surface area (Å²) in [4.78, 5) is 4.15. The molecule has 0 fully saturated rings. The number of hydrogen-bond donors (Lipinski definition) is 1. The Morgan fingerprint density at radius 1 is 1.42 bits per heavy atom. The normalized spacial score (nSPS) is 10.9. The van der Waals surface area contributed by atoms with Crippen LogP contribution < -0.4 is 5.32 Å². The summed E-state index contributed by atoms with van der Waals surface area (Å²) in [7, 11) is 0. The highest BCUT2D eigenvalue weighted by Crippen LogP contribution is 2.17. The predicted octanol–water partition coefficient (Wildman–Crippen LogP) is 3.22. The van der Waals surface area contributed by atoms with Crippen molar-refractivity contribution in [2.75, 3.05) is 6.54 Å². The van der Waals surface area contributed by atoms with Crippen molar-refractivity contribution >= 4 is 11.6 Å². The molecule has 0 saturated carbocycles. The summed E-state index contributed by atoms with van der Waals surface area (Å²) in [5.41, 5.74) is 2.06. The third-order valence-electron chi connectivity index (χ3n) is 2.87. The molecule has 3 nitrogen and oxygen atoms in total. The molecule has 102 valence electrons. The molecule has 0 aliphatic heterocycles. The van der Waals surface area contributed by atoms with E-state index in [4.69, 9.17) is 11.6 Å². The number of aromatic nitrogens is 2. The van der Waals surface area contributed by atoms with Crippen molar-refractivity contribution in [2.24, 2.45) is 0 Å². The molecule has 0 atom stereocenters. The summed E-state index contributed by atoms with van der Waals surface area (Å²) in [5, 5.41) is 3.49. The van der Waals surface area contributed by atoms with Crippen LogP contribution in [-0.2, 0) is 13.1 Å². The molecule has 1 aromatic carbocycles. The highest BCUT2D eigenvalue weighted by atomic mass is 35.5. The van der Waals surface area contributed by atoms with E-state index in [0.717, 1.165) is 30.8 Å². The Labute approximate surface area is 117 Å². The Balaban J connectivity index is 2.06. The van der Waals surface area contributed by atoms with E-state index < -0.39 is 0 Å². The fourth-order valence-corrected chi connectivity index (χ4v) is 2.07. The molecule has 5 heteroatoms. The molecule has 0 unspecified atom stereocenters. The molecule has 0 saturated heterocycles. The van der Waals surface area contributed by atoms with Crippen LogP contribution in [0.2, 0.25) is 5.02 Å². The predicted molar refractivity (Wildman–Crippen MR) is 74.7 cm³/mol. The first-order valence-corrected chi connectivity index (χ1v) is 6.72. The maximum atomic E-state index is 13.1. The number of benzene rings is 1. The molecule has 1 heterocycles. The fraction of sp³-hybridized carbons (Fsp3) is 0.357. The lowest BCUT2D eigenvalue weighted by Gasteiger charge is -2.09. The van der Waals surface area contributed by atoms with Gasteiger partial charge in [0.1, 0.15) is 5.82 Å². The van der Waals surface area contributed by atoms with E-state index in [2.05, 4.69) is 17.2 Å². The van der Waals surface area contributed by atoms with Gasteiger partial charge in [0.15, 0.2) is 0 Å². The van der Waals surface area contributed by atoms with Gasteiger partial charge in [-0.1, -0.05) is 24.6 Å². The summed E-state index contributed by atoms with van der Waals surface area (Å²) in [6, 6.07) is 4.79. The lowest BCUT2D eigenvalue weighted by atomic mass is 10.2. The monoisotopic (exact) mass is 281 g/mol. The first-order valence-electron chi connectivity index (χ1n) is 6.34. The van der Waals surface area contributed by atoms with Crippen molar-refractivity contribution in [3.05, 3.63) is 52.8 Å². The number of nitrogens with zero attached hydrogens (tertiary/aromatic N) is 2. The van der Waals surface area contributed by atoms with Crippen molar-refractivity contribution in [3.8, 4) is 0 Å². The van der Waals surface area contributed by atoms with Gasteiger partial charge >= 0.3 is 0 Å². The zero-order valence-electron chi connectivity index (χ0n) is 10.9. The highest BCUT2D eigenvalue weighted by Gasteiger charge is 2.05. The minimum absolute atomic E-state index is 0.156. The topological polar surface area (TPSA) is 29.9 Å². The molecule has 0 spiro atoms. The van der Waals surface area contributed by atoms with Gasteiger partial charge in [-0.05, 0) is 30.7 Å². The second-order valence-electron chi connectivity index (χ2n) is 4.44. The molecule has 0 radical (unpaired) electrons. The largest absolute Gasteiger partial charge is 0.329 e. The van der Waals surface area contributed by atoms with Gasteiger partial charge in [-0.3, -0.25) is 0 Å². The summed E-state index contributed by atoms with van der Waals surface area (Å²) in [6.07, 6.45) is 4.72. The minimum atomic E-state index is -0.388. The van der Waals surface area contributed by atoms with Gasteiger partial charge in [-0.2, -0.15) is 0 Å². The molecule has 2 rings (SSSR count). The van der Waals surface area contributed by atoms with Gasteiger partial charge < -0.3 is 9.88 Å². The molecule has 1 aromatic heterocycles. The van der Waals surface area contributed by atoms with Gasteiger partial charge in [0, 0.05) is 19.3 Å². The van der Waals surface area contributed by atoms with Gasteiger partial charge in [0.2, 0.25) is 0 Å². The molecular formula is C14H17ClFN3. The van der Waals surface area contributed by atoms with Crippen LogP contribution in [0.1, 0.15) is 24.6 Å². The van der Waals surface area contributed by atoms with E-state index in [1.165, 1.54) is 6.07 Å². The molecule has 0 bridgehead atoms. The Morgan fingerprint density at radius 2 is 2.26 bits per heavy atom. The first-order chi connectivity index (χ1) is 9.20. The Morgan fingerprint density at radius 3 is 3.00 bits per heavy atom. The molecule has 1 N–H and O–H groups in total. The third-order valence-corrected chi connectivity index (χ3v) is 3.16. The maximum Gasteiger partial charge on any atom is 0.141 e. The van der Waals surface area contributed by atoms with Gasteiger partial charge in [0.05, 0.1) is 17.0 Å². The number of rotatable bonds is 6. The van der Waals surface area contributed by atoms with Crippen LogP contribution in [-0.4, -0.2) is 16.1 Å². The molecule has 0 amide bonds. The lowest BCUT2D eigenvalue weighted by Crippen LogP contribution is -2.17. The lowest BCUT2D eigenvalue weighted by molar-refractivity contribution is 0.621.